The normalized spacial score (nSPS) is 43.2. The molecule has 0 aromatic heterocycles. The molecule has 8 heteroatoms. The van der Waals surface area contributed by atoms with Gasteiger partial charge in [-0.05, 0) is 0 Å². The van der Waals surface area contributed by atoms with Crippen LogP contribution in [0.5, 0.6) is 0 Å². The molecule has 7 nitrogen and oxygen atoms in total. The highest BCUT2D eigenvalue weighted by Gasteiger charge is 2.40. The van der Waals surface area contributed by atoms with Crippen molar-refractivity contribution >= 4 is 7.60 Å². The molecule has 0 amide bonds. The van der Waals surface area contributed by atoms with Crippen LogP contribution in [0.4, 0.5) is 0 Å². The number of aliphatic hydroxyl groups excluding tert-OH is 3. The van der Waals surface area contributed by atoms with Gasteiger partial charge < -0.3 is 24.9 Å². The van der Waals surface area contributed by atoms with Crippen LogP contribution in [0.2, 0.25) is 0 Å². The summed E-state index contributed by atoms with van der Waals surface area (Å²) in [7, 11) is -3.80. The summed E-state index contributed by atoms with van der Waals surface area (Å²) in [6.07, 6.45) is -5.60. The smallest absolute Gasteiger partial charge is 0.327 e. The molecule has 1 aliphatic rings. The lowest BCUT2D eigenvalue weighted by Gasteiger charge is -2.34. The van der Waals surface area contributed by atoms with Crippen LogP contribution in [-0.4, -0.2) is 58.1 Å². The number of aliphatic hydroxyl groups is 3. The largest absolute Gasteiger partial charge is 0.388 e. The Hall–Kier alpha value is -0.0100. The SMILES string of the molecule is CP(=O)(O)O[C@H]1OC[C@@H](O)[C@@H](O)[C@H]1O. The Morgan fingerprint density at radius 3 is 2.43 bits per heavy atom. The van der Waals surface area contributed by atoms with Gasteiger partial charge in [0.2, 0.25) is 0 Å². The van der Waals surface area contributed by atoms with Gasteiger partial charge in [0.25, 0.3) is 0 Å². The van der Waals surface area contributed by atoms with Crippen LogP contribution >= 0.6 is 7.60 Å². The second-order valence-electron chi connectivity index (χ2n) is 3.16. The number of hydrogen-bond donors (Lipinski definition) is 4. The first-order valence-electron chi connectivity index (χ1n) is 3.96. The Morgan fingerprint density at radius 1 is 1.36 bits per heavy atom. The fourth-order valence-electron chi connectivity index (χ4n) is 1.06. The molecular formula is C6H13O7P. The summed E-state index contributed by atoms with van der Waals surface area (Å²) in [5.74, 6) is 0. The van der Waals surface area contributed by atoms with E-state index in [-0.39, 0.29) is 6.61 Å². The fraction of sp³-hybridized carbons (Fsp3) is 1.00. The Balaban J connectivity index is 2.60. The Bertz CT molecular complexity index is 238. The van der Waals surface area contributed by atoms with Gasteiger partial charge in [-0.1, -0.05) is 0 Å². The molecule has 1 rings (SSSR count). The molecule has 1 saturated heterocycles. The molecule has 1 heterocycles. The van der Waals surface area contributed by atoms with E-state index in [0.29, 0.717) is 0 Å². The Labute approximate surface area is 80.4 Å². The number of hydrogen-bond acceptors (Lipinski definition) is 6. The van der Waals surface area contributed by atoms with Gasteiger partial charge in [-0.25, -0.2) is 0 Å². The first kappa shape index (κ1) is 12.1. The molecule has 1 unspecified atom stereocenters. The lowest BCUT2D eigenvalue weighted by Crippen LogP contribution is -2.53. The minimum atomic E-state index is -3.80. The van der Waals surface area contributed by atoms with Gasteiger partial charge in [0.05, 0.1) is 6.61 Å². The molecule has 0 aliphatic carbocycles. The van der Waals surface area contributed by atoms with Crippen molar-refractivity contribution in [2.75, 3.05) is 13.3 Å². The van der Waals surface area contributed by atoms with Crippen molar-refractivity contribution < 1.29 is 34.0 Å². The Kier molecular flexibility index (Phi) is 3.65. The molecular weight excluding hydrogens is 215 g/mol. The van der Waals surface area contributed by atoms with Gasteiger partial charge in [0.15, 0.2) is 6.29 Å². The monoisotopic (exact) mass is 228 g/mol. The lowest BCUT2D eigenvalue weighted by atomic mass is 10.1. The van der Waals surface area contributed by atoms with Crippen molar-refractivity contribution in [1.29, 1.82) is 0 Å². The summed E-state index contributed by atoms with van der Waals surface area (Å²) in [5, 5.41) is 27.5. The van der Waals surface area contributed by atoms with Crippen molar-refractivity contribution in [3.05, 3.63) is 0 Å². The zero-order valence-electron chi connectivity index (χ0n) is 7.48. The molecule has 0 saturated carbocycles. The minimum absolute atomic E-state index is 0.261. The van der Waals surface area contributed by atoms with Crippen LogP contribution < -0.4 is 0 Å². The van der Waals surface area contributed by atoms with Crippen molar-refractivity contribution in [3.8, 4) is 0 Å². The molecule has 4 N–H and O–H groups in total. The fourth-order valence-corrected chi connectivity index (χ4v) is 1.64. The predicted octanol–water partition coefficient (Wildman–Crippen LogP) is -1.74. The van der Waals surface area contributed by atoms with Crippen LogP contribution in [0.1, 0.15) is 0 Å². The van der Waals surface area contributed by atoms with Gasteiger partial charge >= 0.3 is 7.60 Å². The van der Waals surface area contributed by atoms with Gasteiger partial charge in [-0.2, -0.15) is 0 Å². The Morgan fingerprint density at radius 2 is 1.93 bits per heavy atom. The summed E-state index contributed by atoms with van der Waals surface area (Å²) in [6.45, 7) is 0.670. The van der Waals surface area contributed by atoms with Crippen LogP contribution in [0.25, 0.3) is 0 Å². The number of rotatable bonds is 2. The van der Waals surface area contributed by atoms with E-state index in [1.807, 2.05) is 0 Å². The van der Waals surface area contributed by atoms with Crippen LogP contribution in [0.3, 0.4) is 0 Å². The summed E-state index contributed by atoms with van der Waals surface area (Å²) in [5.41, 5.74) is 0. The van der Waals surface area contributed by atoms with Crippen LogP contribution in [0.15, 0.2) is 0 Å². The van der Waals surface area contributed by atoms with Gasteiger partial charge in [0, 0.05) is 6.66 Å². The third-order valence-corrected chi connectivity index (χ3v) is 2.35. The van der Waals surface area contributed by atoms with E-state index in [1.165, 1.54) is 0 Å². The maximum atomic E-state index is 10.8. The molecule has 1 fully saturated rings. The van der Waals surface area contributed by atoms with E-state index in [2.05, 4.69) is 4.52 Å². The quantitative estimate of drug-likeness (QED) is 0.414. The van der Waals surface area contributed by atoms with Crippen molar-refractivity contribution in [1.82, 2.24) is 0 Å². The molecule has 0 radical (unpaired) electrons. The van der Waals surface area contributed by atoms with E-state index < -0.39 is 32.2 Å². The molecule has 14 heavy (non-hydrogen) atoms. The summed E-state index contributed by atoms with van der Waals surface area (Å²) in [6, 6.07) is 0. The highest BCUT2D eigenvalue weighted by atomic mass is 31.2. The average molecular weight is 228 g/mol. The van der Waals surface area contributed by atoms with Crippen LogP contribution in [-0.2, 0) is 13.8 Å². The highest BCUT2D eigenvalue weighted by Crippen LogP contribution is 2.40. The van der Waals surface area contributed by atoms with Crippen molar-refractivity contribution in [3.63, 3.8) is 0 Å². The van der Waals surface area contributed by atoms with Gasteiger partial charge in [0.1, 0.15) is 18.3 Å². The molecule has 0 aromatic rings. The topological polar surface area (TPSA) is 116 Å². The van der Waals surface area contributed by atoms with E-state index in [1.54, 1.807) is 0 Å². The first-order chi connectivity index (χ1) is 6.31. The van der Waals surface area contributed by atoms with Crippen molar-refractivity contribution in [2.24, 2.45) is 0 Å². The van der Waals surface area contributed by atoms with Crippen molar-refractivity contribution in [2.45, 2.75) is 24.6 Å². The summed E-state index contributed by atoms with van der Waals surface area (Å²) < 4.78 is 20.0. The zero-order valence-corrected chi connectivity index (χ0v) is 8.37. The van der Waals surface area contributed by atoms with E-state index in [9.17, 15) is 14.8 Å². The second-order valence-corrected chi connectivity index (χ2v) is 4.98. The first-order valence-corrected chi connectivity index (χ1v) is 5.98. The lowest BCUT2D eigenvalue weighted by molar-refractivity contribution is -0.243. The molecule has 0 bridgehead atoms. The maximum absolute atomic E-state index is 10.8. The van der Waals surface area contributed by atoms with Gasteiger partial charge in [-0.3, -0.25) is 9.09 Å². The van der Waals surface area contributed by atoms with E-state index in [4.69, 9.17) is 14.7 Å². The third kappa shape index (κ3) is 2.99. The zero-order chi connectivity index (χ0) is 10.9. The van der Waals surface area contributed by atoms with E-state index in [0.717, 1.165) is 6.66 Å². The molecule has 84 valence electrons. The third-order valence-electron chi connectivity index (χ3n) is 1.75. The average Bonchev–Trinajstić information content (AvgIpc) is 2.04. The molecule has 5 atom stereocenters. The number of ether oxygens (including phenoxy) is 1. The minimum Gasteiger partial charge on any atom is -0.388 e. The maximum Gasteiger partial charge on any atom is 0.327 e. The molecule has 0 aromatic carbocycles. The summed E-state index contributed by atoms with van der Waals surface area (Å²) in [4.78, 5) is 8.84. The van der Waals surface area contributed by atoms with E-state index >= 15 is 0 Å². The van der Waals surface area contributed by atoms with Gasteiger partial charge in [-0.15, -0.1) is 0 Å². The molecule has 0 spiro atoms. The molecule has 1 aliphatic heterocycles. The summed E-state index contributed by atoms with van der Waals surface area (Å²) >= 11 is 0. The second kappa shape index (κ2) is 4.24. The highest BCUT2D eigenvalue weighted by molar-refractivity contribution is 7.51. The standard InChI is InChI=1S/C6H13O7P/c1-14(10,11)13-6-5(9)4(8)3(7)2-12-6/h3-9H,2H2,1H3,(H,10,11)/t3-,4-,5-,6-/m1/s1. The predicted molar refractivity (Wildman–Crippen MR) is 44.6 cm³/mol. The van der Waals surface area contributed by atoms with Crippen LogP contribution in [0, 0.1) is 0 Å².